The lowest BCUT2D eigenvalue weighted by molar-refractivity contribution is 0.0143. The molecule has 3 heteroatoms. The van der Waals surface area contributed by atoms with E-state index in [-0.39, 0.29) is 0 Å². The van der Waals surface area contributed by atoms with Crippen molar-refractivity contribution in [1.82, 2.24) is 10.2 Å². The SMILES string of the molecule is CC(C)NCC1CCC(CN2CCC(C(C)C)CC2)O1. The third-order valence-electron chi connectivity index (χ3n) is 4.99. The number of nitrogens with zero attached hydrogens (tertiary/aromatic N) is 1. The van der Waals surface area contributed by atoms with Gasteiger partial charge in [0.05, 0.1) is 12.2 Å². The van der Waals surface area contributed by atoms with E-state index in [2.05, 4.69) is 37.9 Å². The zero-order valence-corrected chi connectivity index (χ0v) is 13.9. The van der Waals surface area contributed by atoms with Gasteiger partial charge in [-0.3, -0.25) is 0 Å². The summed E-state index contributed by atoms with van der Waals surface area (Å²) in [4.78, 5) is 2.63. The summed E-state index contributed by atoms with van der Waals surface area (Å²) < 4.78 is 6.18. The van der Waals surface area contributed by atoms with Crippen LogP contribution in [0.5, 0.6) is 0 Å². The molecule has 0 aromatic carbocycles. The molecule has 0 spiro atoms. The lowest BCUT2D eigenvalue weighted by atomic mass is 9.86. The highest BCUT2D eigenvalue weighted by Gasteiger charge is 2.28. The molecular formula is C17H34N2O. The van der Waals surface area contributed by atoms with Crippen LogP contribution in [0.1, 0.15) is 53.4 Å². The molecule has 0 bridgehead atoms. The average molecular weight is 282 g/mol. The van der Waals surface area contributed by atoms with Gasteiger partial charge in [0.1, 0.15) is 0 Å². The van der Waals surface area contributed by atoms with Gasteiger partial charge in [-0.1, -0.05) is 27.7 Å². The van der Waals surface area contributed by atoms with Gasteiger partial charge in [0, 0.05) is 19.1 Å². The van der Waals surface area contributed by atoms with E-state index in [1.807, 2.05) is 0 Å². The van der Waals surface area contributed by atoms with E-state index in [0.29, 0.717) is 18.2 Å². The minimum atomic E-state index is 0.440. The van der Waals surface area contributed by atoms with Crippen LogP contribution >= 0.6 is 0 Å². The first-order valence-electron chi connectivity index (χ1n) is 8.65. The van der Waals surface area contributed by atoms with Gasteiger partial charge in [0.25, 0.3) is 0 Å². The van der Waals surface area contributed by atoms with Crippen molar-refractivity contribution in [2.24, 2.45) is 11.8 Å². The van der Waals surface area contributed by atoms with Crippen molar-refractivity contribution in [3.05, 3.63) is 0 Å². The number of ether oxygens (including phenoxy) is 1. The Hall–Kier alpha value is -0.120. The summed E-state index contributed by atoms with van der Waals surface area (Å²) >= 11 is 0. The topological polar surface area (TPSA) is 24.5 Å². The van der Waals surface area contributed by atoms with Crippen molar-refractivity contribution in [3.8, 4) is 0 Å². The molecule has 2 fully saturated rings. The Morgan fingerprint density at radius 2 is 1.65 bits per heavy atom. The normalized spacial score (nSPS) is 29.7. The summed E-state index contributed by atoms with van der Waals surface area (Å²) in [6.07, 6.45) is 6.15. The summed E-state index contributed by atoms with van der Waals surface area (Å²) in [6, 6.07) is 0.563. The highest BCUT2D eigenvalue weighted by Crippen LogP contribution is 2.26. The van der Waals surface area contributed by atoms with E-state index in [0.717, 1.165) is 24.9 Å². The molecule has 2 aliphatic heterocycles. The largest absolute Gasteiger partial charge is 0.372 e. The van der Waals surface area contributed by atoms with Crippen LogP contribution in [0, 0.1) is 11.8 Å². The van der Waals surface area contributed by atoms with Gasteiger partial charge in [0.15, 0.2) is 0 Å². The third kappa shape index (κ3) is 5.01. The summed E-state index contributed by atoms with van der Waals surface area (Å²) in [5, 5.41) is 3.49. The van der Waals surface area contributed by atoms with Crippen LogP contribution in [-0.2, 0) is 4.74 Å². The van der Waals surface area contributed by atoms with Gasteiger partial charge in [-0.05, 0) is 50.6 Å². The smallest absolute Gasteiger partial charge is 0.0707 e. The standard InChI is InChI=1S/C17H34N2O/c1-13(2)15-7-9-19(10-8-15)12-17-6-5-16(20-17)11-18-14(3)4/h13-18H,5-12H2,1-4H3. The molecule has 0 aromatic heterocycles. The molecule has 2 saturated heterocycles. The predicted octanol–water partition coefficient (Wildman–Crippen LogP) is 2.90. The lowest BCUT2D eigenvalue weighted by Gasteiger charge is -2.35. The number of piperidine rings is 1. The van der Waals surface area contributed by atoms with Crippen molar-refractivity contribution in [1.29, 1.82) is 0 Å². The number of rotatable bonds is 6. The molecule has 2 aliphatic rings. The quantitative estimate of drug-likeness (QED) is 0.811. The summed E-state index contributed by atoms with van der Waals surface area (Å²) in [7, 11) is 0. The van der Waals surface area contributed by atoms with E-state index >= 15 is 0 Å². The second kappa shape index (κ2) is 7.77. The first-order valence-corrected chi connectivity index (χ1v) is 8.65. The van der Waals surface area contributed by atoms with Crippen LogP contribution in [0.25, 0.3) is 0 Å². The molecule has 3 nitrogen and oxygen atoms in total. The van der Waals surface area contributed by atoms with Crippen LogP contribution in [0.3, 0.4) is 0 Å². The van der Waals surface area contributed by atoms with Crippen molar-refractivity contribution in [3.63, 3.8) is 0 Å². The maximum absolute atomic E-state index is 6.18. The minimum Gasteiger partial charge on any atom is -0.372 e. The molecule has 0 aliphatic carbocycles. The maximum Gasteiger partial charge on any atom is 0.0707 e. The molecule has 20 heavy (non-hydrogen) atoms. The number of likely N-dealkylation sites (tertiary alicyclic amines) is 1. The van der Waals surface area contributed by atoms with Crippen LogP contribution in [0.15, 0.2) is 0 Å². The van der Waals surface area contributed by atoms with Gasteiger partial charge >= 0.3 is 0 Å². The monoisotopic (exact) mass is 282 g/mol. The molecule has 118 valence electrons. The van der Waals surface area contributed by atoms with Crippen LogP contribution in [-0.4, -0.2) is 49.3 Å². The van der Waals surface area contributed by atoms with Gasteiger partial charge in [-0.2, -0.15) is 0 Å². The number of hydrogen-bond acceptors (Lipinski definition) is 3. The molecule has 0 saturated carbocycles. The van der Waals surface area contributed by atoms with Gasteiger partial charge in [-0.25, -0.2) is 0 Å². The Morgan fingerprint density at radius 3 is 2.25 bits per heavy atom. The predicted molar refractivity (Wildman–Crippen MR) is 85.0 cm³/mol. The van der Waals surface area contributed by atoms with E-state index < -0.39 is 0 Å². The number of hydrogen-bond donors (Lipinski definition) is 1. The minimum absolute atomic E-state index is 0.440. The molecule has 1 N–H and O–H groups in total. The molecule has 0 aromatic rings. The molecule has 2 unspecified atom stereocenters. The second-order valence-corrected chi connectivity index (χ2v) is 7.40. The summed E-state index contributed by atoms with van der Waals surface area (Å²) in [5.74, 6) is 1.80. The molecule has 0 radical (unpaired) electrons. The Morgan fingerprint density at radius 1 is 1.00 bits per heavy atom. The van der Waals surface area contributed by atoms with E-state index in [4.69, 9.17) is 4.74 Å². The van der Waals surface area contributed by atoms with Crippen LogP contribution < -0.4 is 5.32 Å². The molecule has 2 rings (SSSR count). The van der Waals surface area contributed by atoms with Gasteiger partial charge in [-0.15, -0.1) is 0 Å². The Bertz CT molecular complexity index is 272. The van der Waals surface area contributed by atoms with Crippen LogP contribution in [0.4, 0.5) is 0 Å². The number of nitrogens with one attached hydrogen (secondary N) is 1. The molecule has 0 amide bonds. The first kappa shape index (κ1) is 16.3. The fraction of sp³-hybridized carbons (Fsp3) is 1.00. The van der Waals surface area contributed by atoms with Gasteiger partial charge < -0.3 is 15.0 Å². The van der Waals surface area contributed by atoms with Crippen molar-refractivity contribution in [2.45, 2.75) is 71.6 Å². The van der Waals surface area contributed by atoms with Crippen LogP contribution in [0.2, 0.25) is 0 Å². The Labute approximate surface area is 125 Å². The van der Waals surface area contributed by atoms with Gasteiger partial charge in [0.2, 0.25) is 0 Å². The zero-order valence-electron chi connectivity index (χ0n) is 13.9. The van der Waals surface area contributed by atoms with Crippen molar-refractivity contribution >= 4 is 0 Å². The second-order valence-electron chi connectivity index (χ2n) is 7.40. The van der Waals surface area contributed by atoms with E-state index in [9.17, 15) is 0 Å². The Balaban J connectivity index is 1.63. The fourth-order valence-corrected chi connectivity index (χ4v) is 3.52. The van der Waals surface area contributed by atoms with E-state index in [1.54, 1.807) is 0 Å². The summed E-state index contributed by atoms with van der Waals surface area (Å²) in [6.45, 7) is 13.9. The van der Waals surface area contributed by atoms with Crippen molar-refractivity contribution < 1.29 is 4.74 Å². The van der Waals surface area contributed by atoms with E-state index in [1.165, 1.54) is 38.8 Å². The summed E-state index contributed by atoms with van der Waals surface area (Å²) in [5.41, 5.74) is 0. The molecular weight excluding hydrogens is 248 g/mol. The Kier molecular flexibility index (Phi) is 6.31. The third-order valence-corrected chi connectivity index (χ3v) is 4.99. The molecule has 2 heterocycles. The highest BCUT2D eigenvalue weighted by atomic mass is 16.5. The zero-order chi connectivity index (χ0) is 14.5. The average Bonchev–Trinajstić information content (AvgIpc) is 2.84. The highest BCUT2D eigenvalue weighted by molar-refractivity contribution is 4.81. The fourth-order valence-electron chi connectivity index (χ4n) is 3.52. The molecule has 2 atom stereocenters. The lowest BCUT2D eigenvalue weighted by Crippen LogP contribution is -2.40. The van der Waals surface area contributed by atoms with Crippen molar-refractivity contribution in [2.75, 3.05) is 26.2 Å². The maximum atomic E-state index is 6.18. The first-order chi connectivity index (χ1) is 9.54.